The highest BCUT2D eigenvalue weighted by molar-refractivity contribution is 7.99. The van der Waals surface area contributed by atoms with E-state index in [0.717, 1.165) is 16.7 Å². The van der Waals surface area contributed by atoms with Gasteiger partial charge in [-0.25, -0.2) is 0 Å². The molecule has 0 aromatic heterocycles. The van der Waals surface area contributed by atoms with Crippen molar-refractivity contribution in [2.45, 2.75) is 20.0 Å². The lowest BCUT2D eigenvalue weighted by Crippen LogP contribution is -2.25. The van der Waals surface area contributed by atoms with E-state index in [1.165, 1.54) is 23.5 Å². The van der Waals surface area contributed by atoms with Crippen LogP contribution in [0, 0.1) is 6.92 Å². The molecule has 116 valence electrons. The lowest BCUT2D eigenvalue weighted by atomic mass is 10.1. The Labute approximate surface area is 134 Å². The second kappa shape index (κ2) is 9.73. The van der Waals surface area contributed by atoms with E-state index in [1.807, 2.05) is 37.6 Å². The minimum Gasteiger partial charge on any atom is -0.351 e. The van der Waals surface area contributed by atoms with Crippen LogP contribution in [0.3, 0.4) is 0 Å². The average molecular weight is 326 g/mol. The van der Waals surface area contributed by atoms with Crippen LogP contribution in [0.4, 0.5) is 0 Å². The van der Waals surface area contributed by atoms with Crippen LogP contribution in [0.25, 0.3) is 0 Å². The first-order valence-electron chi connectivity index (χ1n) is 6.66. The molecule has 0 saturated carbocycles. The molecule has 0 aliphatic carbocycles. The van der Waals surface area contributed by atoms with Gasteiger partial charge in [-0.1, -0.05) is 23.8 Å². The van der Waals surface area contributed by atoms with Gasteiger partial charge >= 0.3 is 0 Å². The average Bonchev–Trinajstić information content (AvgIpc) is 2.43. The van der Waals surface area contributed by atoms with Gasteiger partial charge in [0.25, 0.3) is 0 Å². The highest BCUT2D eigenvalue weighted by Gasteiger charge is 2.04. The van der Waals surface area contributed by atoms with Crippen LogP contribution < -0.4 is 10.6 Å². The van der Waals surface area contributed by atoms with Gasteiger partial charge in [-0.2, -0.15) is 23.5 Å². The maximum Gasteiger partial charge on any atom is 0.230 e. The molecule has 0 aliphatic rings. The van der Waals surface area contributed by atoms with Gasteiger partial charge in [0.2, 0.25) is 11.8 Å². The van der Waals surface area contributed by atoms with Gasteiger partial charge in [0, 0.05) is 13.1 Å². The van der Waals surface area contributed by atoms with Crippen molar-refractivity contribution in [3.05, 3.63) is 34.9 Å². The van der Waals surface area contributed by atoms with Crippen LogP contribution in [0.1, 0.15) is 16.7 Å². The molecule has 0 radical (unpaired) electrons. The molecule has 0 aliphatic heterocycles. The van der Waals surface area contributed by atoms with E-state index in [4.69, 9.17) is 0 Å². The van der Waals surface area contributed by atoms with Crippen molar-refractivity contribution in [1.29, 1.82) is 0 Å². The van der Waals surface area contributed by atoms with Gasteiger partial charge in [0.15, 0.2) is 0 Å². The molecule has 1 rings (SSSR count). The van der Waals surface area contributed by atoms with E-state index >= 15 is 0 Å². The summed E-state index contributed by atoms with van der Waals surface area (Å²) < 4.78 is 0. The first-order chi connectivity index (χ1) is 10.0. The maximum atomic E-state index is 11.5. The quantitative estimate of drug-likeness (QED) is 0.767. The smallest absolute Gasteiger partial charge is 0.230 e. The van der Waals surface area contributed by atoms with Crippen molar-refractivity contribution in [2.24, 2.45) is 0 Å². The molecule has 0 atom stereocenters. The number of rotatable bonds is 8. The van der Waals surface area contributed by atoms with E-state index in [9.17, 15) is 9.59 Å². The van der Waals surface area contributed by atoms with E-state index in [1.54, 1.807) is 0 Å². The van der Waals surface area contributed by atoms with Crippen LogP contribution in [0.15, 0.2) is 18.2 Å². The fourth-order valence-electron chi connectivity index (χ4n) is 1.92. The van der Waals surface area contributed by atoms with Crippen LogP contribution in [-0.2, 0) is 22.7 Å². The molecule has 0 heterocycles. The molecule has 0 fully saturated rings. The second-order valence-corrected chi connectivity index (χ2v) is 6.48. The zero-order valence-electron chi connectivity index (χ0n) is 12.7. The van der Waals surface area contributed by atoms with Crippen molar-refractivity contribution in [1.82, 2.24) is 10.6 Å². The number of amides is 2. The third-order valence-corrected chi connectivity index (χ3v) is 3.83. The Morgan fingerprint density at radius 1 is 0.905 bits per heavy atom. The normalized spacial score (nSPS) is 10.2. The van der Waals surface area contributed by atoms with E-state index in [2.05, 4.69) is 10.6 Å². The first kappa shape index (κ1) is 17.9. The number of carbonyl (C=O) groups excluding carboxylic acids is 2. The van der Waals surface area contributed by atoms with Crippen molar-refractivity contribution < 1.29 is 9.59 Å². The van der Waals surface area contributed by atoms with Gasteiger partial charge in [0.1, 0.15) is 0 Å². The summed E-state index contributed by atoms with van der Waals surface area (Å²) in [5, 5.41) is 5.78. The van der Waals surface area contributed by atoms with Crippen LogP contribution in [-0.4, -0.2) is 35.8 Å². The molecule has 0 bridgehead atoms. The molecule has 2 N–H and O–H groups in total. The topological polar surface area (TPSA) is 58.2 Å². The lowest BCUT2D eigenvalue weighted by molar-refractivity contribution is -0.119. The molecular formula is C15H22N2O2S2. The predicted octanol–water partition coefficient (Wildman–Crippen LogP) is 1.95. The number of thioether (sulfide) groups is 2. The summed E-state index contributed by atoms with van der Waals surface area (Å²) >= 11 is 3.01. The zero-order valence-corrected chi connectivity index (χ0v) is 14.3. The molecule has 21 heavy (non-hydrogen) atoms. The maximum absolute atomic E-state index is 11.5. The molecule has 1 aromatic carbocycles. The summed E-state index contributed by atoms with van der Waals surface area (Å²) in [6, 6.07) is 6.12. The Morgan fingerprint density at radius 3 is 1.71 bits per heavy atom. The highest BCUT2D eigenvalue weighted by Crippen LogP contribution is 2.10. The fourth-order valence-corrected chi connectivity index (χ4v) is 2.65. The van der Waals surface area contributed by atoms with Crippen molar-refractivity contribution in [3.8, 4) is 0 Å². The van der Waals surface area contributed by atoms with E-state index < -0.39 is 0 Å². The Balaban J connectivity index is 2.58. The minimum absolute atomic E-state index is 0.0406. The molecule has 4 nitrogen and oxygen atoms in total. The van der Waals surface area contributed by atoms with E-state index in [0.29, 0.717) is 24.6 Å². The Bertz CT molecular complexity index is 452. The molecule has 2 amide bonds. The highest BCUT2D eigenvalue weighted by atomic mass is 32.2. The third kappa shape index (κ3) is 7.43. The van der Waals surface area contributed by atoms with Crippen molar-refractivity contribution in [3.63, 3.8) is 0 Å². The van der Waals surface area contributed by atoms with Crippen LogP contribution in [0.5, 0.6) is 0 Å². The summed E-state index contributed by atoms with van der Waals surface area (Å²) in [5.41, 5.74) is 3.23. The molecule has 0 saturated heterocycles. The number of aryl methyl sites for hydroxylation is 1. The van der Waals surface area contributed by atoms with Gasteiger partial charge < -0.3 is 10.6 Å². The van der Waals surface area contributed by atoms with Crippen molar-refractivity contribution in [2.75, 3.05) is 24.0 Å². The summed E-state index contributed by atoms with van der Waals surface area (Å²) in [6.45, 7) is 3.06. The van der Waals surface area contributed by atoms with Crippen LogP contribution in [0.2, 0.25) is 0 Å². The zero-order chi connectivity index (χ0) is 15.7. The summed E-state index contributed by atoms with van der Waals surface area (Å²) in [4.78, 5) is 23.0. The molecular weight excluding hydrogens is 304 g/mol. The van der Waals surface area contributed by atoms with Crippen molar-refractivity contribution >= 4 is 35.3 Å². The largest absolute Gasteiger partial charge is 0.351 e. The fraction of sp³-hybridized carbons (Fsp3) is 0.467. The van der Waals surface area contributed by atoms with Crippen LogP contribution >= 0.6 is 23.5 Å². The Morgan fingerprint density at radius 2 is 1.33 bits per heavy atom. The molecule has 1 aromatic rings. The number of carbonyl (C=O) groups is 2. The standard InChI is InChI=1S/C15H22N2O2S2/c1-11-4-12(7-16-14(18)9-20-2)6-13(5-11)8-17-15(19)10-21-3/h4-6H,7-10H2,1-3H3,(H,16,18)(H,17,19). The third-order valence-electron chi connectivity index (χ3n) is 2.73. The summed E-state index contributed by atoms with van der Waals surface area (Å²) in [6.07, 6.45) is 3.81. The monoisotopic (exact) mass is 326 g/mol. The molecule has 0 unspecified atom stereocenters. The van der Waals surface area contributed by atoms with E-state index in [-0.39, 0.29) is 11.8 Å². The Kier molecular flexibility index (Phi) is 8.30. The molecule has 6 heteroatoms. The number of hydrogen-bond donors (Lipinski definition) is 2. The second-order valence-electron chi connectivity index (χ2n) is 4.75. The Hall–Kier alpha value is -1.14. The van der Waals surface area contributed by atoms with Gasteiger partial charge in [0.05, 0.1) is 11.5 Å². The number of nitrogens with one attached hydrogen (secondary N) is 2. The van der Waals surface area contributed by atoms with Gasteiger partial charge in [-0.15, -0.1) is 0 Å². The molecule has 0 spiro atoms. The number of benzene rings is 1. The number of hydrogen-bond acceptors (Lipinski definition) is 4. The lowest BCUT2D eigenvalue weighted by Gasteiger charge is -2.10. The predicted molar refractivity (Wildman–Crippen MR) is 91.6 cm³/mol. The summed E-state index contributed by atoms with van der Waals surface area (Å²) in [7, 11) is 0. The van der Waals surface area contributed by atoms with Gasteiger partial charge in [-0.3, -0.25) is 9.59 Å². The minimum atomic E-state index is 0.0406. The van der Waals surface area contributed by atoms with Gasteiger partial charge in [-0.05, 0) is 30.6 Å². The summed E-state index contributed by atoms with van der Waals surface area (Å²) in [5.74, 6) is 1.03. The first-order valence-corrected chi connectivity index (χ1v) is 9.44. The SMILES string of the molecule is CSCC(=O)NCc1cc(C)cc(CNC(=O)CSC)c1.